The second kappa shape index (κ2) is 6.95. The summed E-state index contributed by atoms with van der Waals surface area (Å²) in [6, 6.07) is 0. The summed E-state index contributed by atoms with van der Waals surface area (Å²) >= 11 is 1.47. The van der Waals surface area contributed by atoms with Gasteiger partial charge in [0.2, 0.25) is 11.8 Å². The minimum absolute atomic E-state index is 0.133. The number of nitrogens with zero attached hydrogens (tertiary/aromatic N) is 2. The zero-order valence-electron chi connectivity index (χ0n) is 15.8. The highest BCUT2D eigenvalue weighted by Gasteiger charge is 2.55. The number of rotatable bonds is 6. The van der Waals surface area contributed by atoms with Gasteiger partial charge in [0.25, 0.3) is 0 Å². The Morgan fingerprint density at radius 2 is 1.85 bits per heavy atom. The van der Waals surface area contributed by atoms with Crippen molar-refractivity contribution in [1.82, 2.24) is 9.88 Å². The molecule has 0 atom stereocenters. The molecule has 4 saturated carbocycles. The second-order valence-corrected chi connectivity index (χ2v) is 9.98. The van der Waals surface area contributed by atoms with E-state index in [-0.39, 0.29) is 23.8 Å². The van der Waals surface area contributed by atoms with E-state index < -0.39 is 0 Å². The molecule has 1 aromatic heterocycles. The highest BCUT2D eigenvalue weighted by molar-refractivity contribution is 7.15. The molecule has 0 saturated heterocycles. The van der Waals surface area contributed by atoms with Gasteiger partial charge in [-0.1, -0.05) is 6.92 Å². The number of nitrogens with one attached hydrogen (secondary N) is 1. The maximum absolute atomic E-state index is 13.5. The van der Waals surface area contributed by atoms with Crippen LogP contribution < -0.4 is 5.32 Å². The number of aryl methyl sites for hydroxylation is 1. The average Bonchev–Trinajstić information content (AvgIpc) is 2.97. The maximum atomic E-state index is 13.5. The van der Waals surface area contributed by atoms with Crippen molar-refractivity contribution in [3.05, 3.63) is 11.1 Å². The van der Waals surface area contributed by atoms with Gasteiger partial charge < -0.3 is 10.2 Å². The fourth-order valence-corrected chi connectivity index (χ4v) is 6.66. The average molecular weight is 376 g/mol. The lowest BCUT2D eigenvalue weighted by Crippen LogP contribution is -2.55. The molecule has 2 amide bonds. The van der Waals surface area contributed by atoms with Crippen molar-refractivity contribution in [1.29, 1.82) is 0 Å². The number of anilines is 1. The summed E-state index contributed by atoms with van der Waals surface area (Å²) in [4.78, 5) is 33.1. The number of hydrogen-bond acceptors (Lipinski definition) is 4. The lowest BCUT2D eigenvalue weighted by molar-refractivity contribution is -0.158. The molecule has 4 bridgehead atoms. The number of carbonyl (C=O) groups is 2. The summed E-state index contributed by atoms with van der Waals surface area (Å²) in [7, 11) is 0. The van der Waals surface area contributed by atoms with E-state index in [0.717, 1.165) is 48.3 Å². The van der Waals surface area contributed by atoms with Crippen molar-refractivity contribution in [3.63, 3.8) is 0 Å². The van der Waals surface area contributed by atoms with Crippen LogP contribution in [0.15, 0.2) is 6.20 Å². The number of thiazole rings is 1. The van der Waals surface area contributed by atoms with Crippen LogP contribution >= 0.6 is 11.3 Å². The molecular formula is C20H29N3O2S. The van der Waals surface area contributed by atoms with E-state index in [1.807, 2.05) is 11.8 Å². The van der Waals surface area contributed by atoms with E-state index in [9.17, 15) is 9.59 Å². The van der Waals surface area contributed by atoms with E-state index >= 15 is 0 Å². The molecular weight excluding hydrogens is 346 g/mol. The molecule has 142 valence electrons. The van der Waals surface area contributed by atoms with Crippen LogP contribution in [0, 0.1) is 30.1 Å². The second-order valence-electron chi connectivity index (χ2n) is 8.75. The summed E-state index contributed by atoms with van der Waals surface area (Å²) < 4.78 is 0. The van der Waals surface area contributed by atoms with Gasteiger partial charge >= 0.3 is 0 Å². The zero-order valence-corrected chi connectivity index (χ0v) is 16.6. The fourth-order valence-electron chi connectivity index (χ4n) is 5.97. The third-order valence-corrected chi connectivity index (χ3v) is 7.30. The largest absolute Gasteiger partial charge is 0.333 e. The minimum atomic E-state index is -0.179. The van der Waals surface area contributed by atoms with Gasteiger partial charge in [0.15, 0.2) is 5.13 Å². The van der Waals surface area contributed by atoms with Gasteiger partial charge in [-0.2, -0.15) is 0 Å². The van der Waals surface area contributed by atoms with Gasteiger partial charge in [0.05, 0.1) is 12.0 Å². The van der Waals surface area contributed by atoms with E-state index in [0.29, 0.717) is 11.7 Å². The molecule has 1 N–H and O–H groups in total. The Balaban J connectivity index is 1.45. The Hall–Kier alpha value is -1.43. The quantitative estimate of drug-likeness (QED) is 0.821. The van der Waals surface area contributed by atoms with Gasteiger partial charge in [0, 0.05) is 17.6 Å². The van der Waals surface area contributed by atoms with Crippen LogP contribution in [0.4, 0.5) is 5.13 Å². The van der Waals surface area contributed by atoms with Crippen molar-refractivity contribution in [2.45, 2.75) is 58.8 Å². The van der Waals surface area contributed by atoms with Crippen LogP contribution in [0.2, 0.25) is 0 Å². The minimum Gasteiger partial charge on any atom is -0.333 e. The highest BCUT2D eigenvalue weighted by atomic mass is 32.1. The van der Waals surface area contributed by atoms with Crippen molar-refractivity contribution in [2.24, 2.45) is 23.2 Å². The van der Waals surface area contributed by atoms with Gasteiger partial charge in [-0.05, 0) is 69.6 Å². The summed E-state index contributed by atoms with van der Waals surface area (Å²) in [5, 5.41) is 3.47. The van der Waals surface area contributed by atoms with Crippen LogP contribution in [0.5, 0.6) is 0 Å². The first-order valence-electron chi connectivity index (χ1n) is 9.99. The molecule has 26 heavy (non-hydrogen) atoms. The van der Waals surface area contributed by atoms with E-state index in [1.54, 1.807) is 6.20 Å². The zero-order chi connectivity index (χ0) is 18.3. The summed E-state index contributed by atoms with van der Waals surface area (Å²) in [6.45, 7) is 4.84. The fraction of sp³-hybridized carbons (Fsp3) is 0.750. The Morgan fingerprint density at radius 1 is 1.23 bits per heavy atom. The Morgan fingerprint density at radius 3 is 2.35 bits per heavy atom. The predicted molar refractivity (Wildman–Crippen MR) is 103 cm³/mol. The van der Waals surface area contributed by atoms with E-state index in [4.69, 9.17) is 0 Å². The van der Waals surface area contributed by atoms with Gasteiger partial charge in [-0.25, -0.2) is 4.98 Å². The first kappa shape index (κ1) is 18.0. The Kier molecular flexibility index (Phi) is 4.80. The predicted octanol–water partition coefficient (Wildman–Crippen LogP) is 3.85. The van der Waals surface area contributed by atoms with Crippen LogP contribution in [0.1, 0.15) is 56.7 Å². The first-order valence-corrected chi connectivity index (χ1v) is 10.8. The highest BCUT2D eigenvalue weighted by Crippen LogP contribution is 2.60. The molecule has 0 unspecified atom stereocenters. The van der Waals surface area contributed by atoms with Crippen LogP contribution in [0.3, 0.4) is 0 Å². The molecule has 4 aliphatic carbocycles. The summed E-state index contributed by atoms with van der Waals surface area (Å²) in [6.07, 6.45) is 9.74. The molecule has 0 spiro atoms. The standard InChI is InChI=1S/C20H29N3O2S/c1-3-4-23(12-17(24)22-19-21-11-13(2)26-19)18(25)20-8-14-5-15(9-20)7-16(6-14)10-20/h11,14-16H,3-10,12H2,1-2H3,(H,21,22,24). The molecule has 1 aromatic rings. The third-order valence-electron chi connectivity index (χ3n) is 6.47. The maximum Gasteiger partial charge on any atom is 0.245 e. The van der Waals surface area contributed by atoms with Crippen molar-refractivity contribution in [2.75, 3.05) is 18.4 Å². The van der Waals surface area contributed by atoms with Gasteiger partial charge in [0.1, 0.15) is 0 Å². The molecule has 0 aliphatic heterocycles. The molecule has 0 aromatic carbocycles. The SMILES string of the molecule is CCCN(CC(=O)Nc1ncc(C)s1)C(=O)C12CC3CC(CC(C3)C1)C2. The van der Waals surface area contributed by atoms with Crippen molar-refractivity contribution < 1.29 is 9.59 Å². The first-order chi connectivity index (χ1) is 12.5. The topological polar surface area (TPSA) is 62.3 Å². The summed E-state index contributed by atoms with van der Waals surface area (Å²) in [5.74, 6) is 2.32. The Labute approximate surface area is 159 Å². The number of carbonyl (C=O) groups excluding carboxylic acids is 2. The molecule has 0 radical (unpaired) electrons. The molecule has 4 fully saturated rings. The third kappa shape index (κ3) is 3.40. The molecule has 1 heterocycles. The normalized spacial score (nSPS) is 31.8. The lowest BCUT2D eigenvalue weighted by Gasteiger charge is -2.56. The van der Waals surface area contributed by atoms with Crippen molar-refractivity contribution in [3.8, 4) is 0 Å². The number of amides is 2. The van der Waals surface area contributed by atoms with E-state index in [1.165, 1.54) is 30.6 Å². The van der Waals surface area contributed by atoms with Crippen LogP contribution in [-0.4, -0.2) is 34.8 Å². The molecule has 5 rings (SSSR count). The van der Waals surface area contributed by atoms with Crippen LogP contribution in [-0.2, 0) is 9.59 Å². The van der Waals surface area contributed by atoms with Gasteiger partial charge in [-0.3, -0.25) is 9.59 Å². The lowest BCUT2D eigenvalue weighted by atomic mass is 9.49. The monoisotopic (exact) mass is 375 g/mol. The molecule has 5 nitrogen and oxygen atoms in total. The molecule has 4 aliphatic rings. The van der Waals surface area contributed by atoms with Crippen molar-refractivity contribution >= 4 is 28.3 Å². The van der Waals surface area contributed by atoms with Crippen LogP contribution in [0.25, 0.3) is 0 Å². The number of hydrogen-bond donors (Lipinski definition) is 1. The summed E-state index contributed by atoms with van der Waals surface area (Å²) in [5.41, 5.74) is -0.179. The Bertz CT molecular complexity index is 664. The molecule has 6 heteroatoms. The van der Waals surface area contributed by atoms with Gasteiger partial charge in [-0.15, -0.1) is 11.3 Å². The number of aromatic nitrogens is 1. The smallest absolute Gasteiger partial charge is 0.245 e. The van der Waals surface area contributed by atoms with E-state index in [2.05, 4.69) is 17.2 Å².